The summed E-state index contributed by atoms with van der Waals surface area (Å²) in [6.45, 7) is 2.94. The van der Waals surface area contributed by atoms with Crippen LogP contribution in [-0.4, -0.2) is 18.0 Å². The van der Waals surface area contributed by atoms with Gasteiger partial charge in [0.1, 0.15) is 5.76 Å². The molecule has 2 N–H and O–H groups in total. The molecule has 0 radical (unpaired) electrons. The van der Waals surface area contributed by atoms with E-state index in [-0.39, 0.29) is 12.1 Å². The molecule has 0 saturated carbocycles. The topological polar surface area (TPSA) is 42.4 Å². The maximum absolute atomic E-state index is 6.28. The van der Waals surface area contributed by atoms with Crippen molar-refractivity contribution in [1.82, 2.24) is 4.90 Å². The number of benzene rings is 1. The van der Waals surface area contributed by atoms with Gasteiger partial charge < -0.3 is 10.2 Å². The predicted octanol–water partition coefficient (Wildman–Crippen LogP) is 3.95. The minimum absolute atomic E-state index is 0.0570. The number of halogens is 1. The van der Waals surface area contributed by atoms with Crippen LogP contribution in [0, 0.1) is 0 Å². The lowest BCUT2D eigenvalue weighted by Crippen LogP contribution is -2.38. The highest BCUT2D eigenvalue weighted by atomic mass is 79.9. The molecule has 2 atom stereocenters. The average molecular weight is 337 g/mol. The normalized spacial score (nSPS) is 14.4. The van der Waals surface area contributed by atoms with E-state index in [0.717, 1.165) is 23.2 Å². The van der Waals surface area contributed by atoms with Crippen molar-refractivity contribution in [3.8, 4) is 0 Å². The zero-order chi connectivity index (χ0) is 14.5. The molecule has 1 heterocycles. The zero-order valence-corrected chi connectivity index (χ0v) is 13.5. The fraction of sp³-hybridized carbons (Fsp3) is 0.375. The molecule has 20 heavy (non-hydrogen) atoms. The van der Waals surface area contributed by atoms with Crippen molar-refractivity contribution in [2.75, 3.05) is 7.05 Å². The van der Waals surface area contributed by atoms with Crippen LogP contribution in [0.1, 0.15) is 30.7 Å². The van der Waals surface area contributed by atoms with Crippen LogP contribution in [-0.2, 0) is 6.54 Å². The molecule has 2 unspecified atom stereocenters. The second-order valence-electron chi connectivity index (χ2n) is 5.07. The van der Waals surface area contributed by atoms with Crippen molar-refractivity contribution < 1.29 is 4.42 Å². The molecule has 3 nitrogen and oxygen atoms in total. The molecular weight excluding hydrogens is 316 g/mol. The lowest BCUT2D eigenvalue weighted by molar-refractivity contribution is 0.176. The van der Waals surface area contributed by atoms with Crippen LogP contribution in [0.4, 0.5) is 0 Å². The second kappa shape index (κ2) is 7.07. The van der Waals surface area contributed by atoms with Gasteiger partial charge in [0.15, 0.2) is 0 Å². The number of hydrogen-bond donors (Lipinski definition) is 1. The maximum Gasteiger partial charge on any atom is 0.122 e. The molecule has 1 aromatic heterocycles. The van der Waals surface area contributed by atoms with Gasteiger partial charge in [-0.05, 0) is 43.3 Å². The molecule has 0 spiro atoms. The Labute approximate surface area is 128 Å². The van der Waals surface area contributed by atoms with Gasteiger partial charge >= 0.3 is 0 Å². The number of hydrogen-bond acceptors (Lipinski definition) is 3. The highest BCUT2D eigenvalue weighted by molar-refractivity contribution is 9.10. The van der Waals surface area contributed by atoms with Crippen molar-refractivity contribution in [2.24, 2.45) is 5.73 Å². The highest BCUT2D eigenvalue weighted by Gasteiger charge is 2.25. The zero-order valence-electron chi connectivity index (χ0n) is 11.9. The number of nitrogens with two attached hydrogens (primary N) is 1. The van der Waals surface area contributed by atoms with Crippen LogP contribution in [0.5, 0.6) is 0 Å². The molecule has 2 rings (SSSR count). The first-order valence-corrected chi connectivity index (χ1v) is 7.64. The predicted molar refractivity (Wildman–Crippen MR) is 85.3 cm³/mol. The van der Waals surface area contributed by atoms with E-state index in [9.17, 15) is 0 Å². The molecule has 1 aromatic carbocycles. The van der Waals surface area contributed by atoms with E-state index in [1.165, 1.54) is 5.56 Å². The summed E-state index contributed by atoms with van der Waals surface area (Å²) in [7, 11) is 2.09. The first-order valence-electron chi connectivity index (χ1n) is 6.85. The van der Waals surface area contributed by atoms with Gasteiger partial charge in [-0.3, -0.25) is 4.90 Å². The summed E-state index contributed by atoms with van der Waals surface area (Å²) in [6, 6.07) is 12.4. The van der Waals surface area contributed by atoms with E-state index >= 15 is 0 Å². The van der Waals surface area contributed by atoms with Crippen molar-refractivity contribution in [3.63, 3.8) is 0 Å². The van der Waals surface area contributed by atoms with Gasteiger partial charge in [-0.2, -0.15) is 0 Å². The molecule has 0 saturated heterocycles. The third kappa shape index (κ3) is 3.72. The van der Waals surface area contributed by atoms with Crippen molar-refractivity contribution in [1.29, 1.82) is 0 Å². The highest BCUT2D eigenvalue weighted by Crippen LogP contribution is 2.26. The van der Waals surface area contributed by atoms with Gasteiger partial charge in [0.2, 0.25) is 0 Å². The van der Waals surface area contributed by atoms with Crippen LogP contribution >= 0.6 is 15.9 Å². The van der Waals surface area contributed by atoms with E-state index in [1.54, 1.807) is 6.26 Å². The van der Waals surface area contributed by atoms with E-state index in [4.69, 9.17) is 10.2 Å². The minimum Gasteiger partial charge on any atom is -0.468 e. The fourth-order valence-corrected chi connectivity index (χ4v) is 2.68. The SMILES string of the molecule is CCC(N)C(c1ccco1)N(C)Cc1ccc(Br)cc1. The van der Waals surface area contributed by atoms with Crippen LogP contribution in [0.25, 0.3) is 0 Å². The third-order valence-corrected chi connectivity index (χ3v) is 4.06. The first kappa shape index (κ1) is 15.3. The van der Waals surface area contributed by atoms with Gasteiger partial charge in [-0.1, -0.05) is 35.0 Å². The standard InChI is InChI=1S/C16H21BrN2O/c1-3-14(18)16(15-5-4-10-20-15)19(2)11-12-6-8-13(17)9-7-12/h4-10,14,16H,3,11,18H2,1-2H3. The van der Waals surface area contributed by atoms with Gasteiger partial charge in [0.25, 0.3) is 0 Å². The molecule has 108 valence electrons. The monoisotopic (exact) mass is 336 g/mol. The van der Waals surface area contributed by atoms with E-state index in [2.05, 4.69) is 59.1 Å². The van der Waals surface area contributed by atoms with Gasteiger partial charge in [0.05, 0.1) is 12.3 Å². The Morgan fingerprint density at radius 2 is 1.95 bits per heavy atom. The second-order valence-corrected chi connectivity index (χ2v) is 5.99. The number of rotatable bonds is 6. The molecule has 2 aromatic rings. The Balaban J connectivity index is 2.14. The first-order chi connectivity index (χ1) is 9.61. The van der Waals surface area contributed by atoms with Crippen LogP contribution in [0.2, 0.25) is 0 Å². The molecule has 0 amide bonds. The Hall–Kier alpha value is -1.10. The molecule has 0 fully saturated rings. The van der Waals surface area contributed by atoms with E-state index < -0.39 is 0 Å². The Morgan fingerprint density at radius 1 is 1.25 bits per heavy atom. The van der Waals surface area contributed by atoms with Crippen LogP contribution in [0.3, 0.4) is 0 Å². The van der Waals surface area contributed by atoms with E-state index in [0.29, 0.717) is 0 Å². The molecular formula is C16H21BrN2O. The summed E-state index contributed by atoms with van der Waals surface area (Å²) >= 11 is 3.46. The Kier molecular flexibility index (Phi) is 5.40. The van der Waals surface area contributed by atoms with Gasteiger partial charge in [0, 0.05) is 17.1 Å². The quantitative estimate of drug-likeness (QED) is 0.868. The molecule has 4 heteroatoms. The summed E-state index contributed by atoms with van der Waals surface area (Å²) in [5, 5.41) is 0. The van der Waals surface area contributed by atoms with Crippen LogP contribution < -0.4 is 5.73 Å². The third-order valence-electron chi connectivity index (χ3n) is 3.53. The van der Waals surface area contributed by atoms with Crippen molar-refractivity contribution >= 4 is 15.9 Å². The number of likely N-dealkylation sites (N-methyl/N-ethyl adjacent to an activating group) is 1. The molecule has 0 aliphatic rings. The molecule has 0 aliphatic carbocycles. The summed E-state index contributed by atoms with van der Waals surface area (Å²) in [4.78, 5) is 2.25. The van der Waals surface area contributed by atoms with Crippen molar-refractivity contribution in [2.45, 2.75) is 32.0 Å². The summed E-state index contributed by atoms with van der Waals surface area (Å²) in [6.07, 6.45) is 2.62. The van der Waals surface area contributed by atoms with Gasteiger partial charge in [-0.25, -0.2) is 0 Å². The van der Waals surface area contributed by atoms with Crippen LogP contribution in [0.15, 0.2) is 51.6 Å². The van der Waals surface area contributed by atoms with E-state index in [1.807, 2.05) is 12.1 Å². The maximum atomic E-state index is 6.28. The molecule has 0 bridgehead atoms. The summed E-state index contributed by atoms with van der Waals surface area (Å²) in [5.41, 5.74) is 7.54. The minimum atomic E-state index is 0.0570. The summed E-state index contributed by atoms with van der Waals surface area (Å²) in [5.74, 6) is 0.930. The smallest absolute Gasteiger partial charge is 0.122 e. The Morgan fingerprint density at radius 3 is 2.50 bits per heavy atom. The lowest BCUT2D eigenvalue weighted by Gasteiger charge is -2.30. The average Bonchev–Trinajstić information content (AvgIpc) is 2.95. The fourth-order valence-electron chi connectivity index (χ4n) is 2.41. The largest absolute Gasteiger partial charge is 0.468 e. The van der Waals surface area contributed by atoms with Gasteiger partial charge in [-0.15, -0.1) is 0 Å². The number of furan rings is 1. The Bertz CT molecular complexity index is 510. The molecule has 0 aliphatic heterocycles. The lowest BCUT2D eigenvalue weighted by atomic mass is 10.0. The number of nitrogens with zero attached hydrogens (tertiary/aromatic N) is 1. The summed E-state index contributed by atoms with van der Waals surface area (Å²) < 4.78 is 6.66. The van der Waals surface area contributed by atoms with Crippen molar-refractivity contribution in [3.05, 3.63) is 58.5 Å².